The van der Waals surface area contributed by atoms with Crippen LogP contribution in [0.15, 0.2) is 60.0 Å². The standard InChI is InChI=1S/C32H37N3O3S/c1-22-26(31(36)33-20-24-10-6-4-7-11-24)19-28(27-21-39-32(34-27)25-12-8-5-9-13-25)35(22)17-16-23-14-15-29(37-2)30(18-23)38-3/h5,8-9,12-15,18-19,21,24H,4,6-7,10-11,16-17,20H2,1-3H3,(H,33,36). The number of carbonyl (C=O) groups excluding carboxylic acids is 1. The van der Waals surface area contributed by atoms with Crippen molar-refractivity contribution in [3.8, 4) is 33.5 Å². The molecular formula is C32H37N3O3S. The molecule has 2 aromatic carbocycles. The highest BCUT2D eigenvalue weighted by atomic mass is 32.1. The van der Waals surface area contributed by atoms with Gasteiger partial charge in [-0.05, 0) is 55.9 Å². The van der Waals surface area contributed by atoms with Gasteiger partial charge in [0.2, 0.25) is 0 Å². The van der Waals surface area contributed by atoms with E-state index < -0.39 is 0 Å². The predicted octanol–water partition coefficient (Wildman–Crippen LogP) is 7.16. The number of hydrogen-bond acceptors (Lipinski definition) is 5. The third-order valence-corrected chi connectivity index (χ3v) is 8.64. The molecule has 1 aliphatic carbocycles. The largest absolute Gasteiger partial charge is 0.493 e. The summed E-state index contributed by atoms with van der Waals surface area (Å²) in [6, 6.07) is 18.3. The maximum absolute atomic E-state index is 13.4. The van der Waals surface area contributed by atoms with Crippen molar-refractivity contribution in [3.63, 3.8) is 0 Å². The number of carbonyl (C=O) groups is 1. The van der Waals surface area contributed by atoms with Crippen LogP contribution in [-0.2, 0) is 13.0 Å². The summed E-state index contributed by atoms with van der Waals surface area (Å²) in [5.74, 6) is 2.02. The number of ether oxygens (including phenoxy) is 2. The molecule has 0 spiro atoms. The summed E-state index contributed by atoms with van der Waals surface area (Å²) in [6.07, 6.45) is 7.04. The van der Waals surface area contributed by atoms with E-state index in [1.165, 1.54) is 32.1 Å². The molecule has 1 N–H and O–H groups in total. The number of thiazole rings is 1. The SMILES string of the molecule is COc1ccc(CCn2c(-c3csc(-c4ccccc4)n3)cc(C(=O)NCC3CCCCC3)c2C)cc1OC. The molecular weight excluding hydrogens is 506 g/mol. The van der Waals surface area contributed by atoms with Crippen LogP contribution in [-0.4, -0.2) is 36.2 Å². The highest BCUT2D eigenvalue weighted by molar-refractivity contribution is 7.13. The zero-order valence-corrected chi connectivity index (χ0v) is 23.9. The van der Waals surface area contributed by atoms with Gasteiger partial charge in [0.15, 0.2) is 11.5 Å². The third-order valence-electron chi connectivity index (χ3n) is 7.75. The Morgan fingerprint density at radius 2 is 1.79 bits per heavy atom. The van der Waals surface area contributed by atoms with Crippen LogP contribution in [0.1, 0.15) is 53.7 Å². The summed E-state index contributed by atoms with van der Waals surface area (Å²) in [7, 11) is 3.30. The first-order valence-corrected chi connectivity index (χ1v) is 14.7. The van der Waals surface area contributed by atoms with Gasteiger partial charge in [-0.2, -0.15) is 0 Å². The number of amides is 1. The Morgan fingerprint density at radius 1 is 1.03 bits per heavy atom. The van der Waals surface area contributed by atoms with Crippen molar-refractivity contribution in [1.29, 1.82) is 0 Å². The smallest absolute Gasteiger partial charge is 0.253 e. The highest BCUT2D eigenvalue weighted by Gasteiger charge is 2.22. The van der Waals surface area contributed by atoms with Gasteiger partial charge in [0.1, 0.15) is 5.01 Å². The summed E-state index contributed by atoms with van der Waals surface area (Å²) >= 11 is 1.63. The van der Waals surface area contributed by atoms with E-state index in [4.69, 9.17) is 14.5 Å². The maximum Gasteiger partial charge on any atom is 0.253 e. The third kappa shape index (κ3) is 6.19. The van der Waals surface area contributed by atoms with Gasteiger partial charge in [-0.15, -0.1) is 11.3 Å². The molecule has 204 valence electrons. The van der Waals surface area contributed by atoms with Crippen molar-refractivity contribution in [2.45, 2.75) is 52.0 Å². The van der Waals surface area contributed by atoms with Crippen LogP contribution >= 0.6 is 11.3 Å². The Kier molecular flexibility index (Phi) is 8.67. The Morgan fingerprint density at radius 3 is 2.54 bits per heavy atom. The monoisotopic (exact) mass is 543 g/mol. The van der Waals surface area contributed by atoms with Crippen molar-refractivity contribution in [2.24, 2.45) is 5.92 Å². The molecule has 0 saturated heterocycles. The molecule has 1 fully saturated rings. The van der Waals surface area contributed by atoms with Gasteiger partial charge in [0.25, 0.3) is 5.91 Å². The fraction of sp³-hybridized carbons (Fsp3) is 0.375. The van der Waals surface area contributed by atoms with Gasteiger partial charge >= 0.3 is 0 Å². The summed E-state index contributed by atoms with van der Waals surface area (Å²) in [4.78, 5) is 18.4. The van der Waals surface area contributed by atoms with Crippen molar-refractivity contribution >= 4 is 17.2 Å². The van der Waals surface area contributed by atoms with E-state index in [0.29, 0.717) is 24.0 Å². The first kappa shape index (κ1) is 27.0. The van der Waals surface area contributed by atoms with Crippen molar-refractivity contribution in [3.05, 3.63) is 76.8 Å². The number of rotatable bonds is 10. The van der Waals surface area contributed by atoms with Crippen LogP contribution in [0.5, 0.6) is 11.5 Å². The Labute approximate surface area is 235 Å². The van der Waals surface area contributed by atoms with E-state index in [1.54, 1.807) is 25.6 Å². The molecule has 0 bridgehead atoms. The van der Waals surface area contributed by atoms with Crippen LogP contribution in [0, 0.1) is 12.8 Å². The van der Waals surface area contributed by atoms with E-state index in [1.807, 2.05) is 43.3 Å². The zero-order valence-electron chi connectivity index (χ0n) is 23.0. The van der Waals surface area contributed by atoms with Crippen LogP contribution < -0.4 is 14.8 Å². The predicted molar refractivity (Wildman–Crippen MR) is 158 cm³/mol. The Hall–Kier alpha value is -3.58. The van der Waals surface area contributed by atoms with E-state index in [-0.39, 0.29) is 5.91 Å². The number of benzene rings is 2. The van der Waals surface area contributed by atoms with Gasteiger partial charge in [-0.1, -0.05) is 55.7 Å². The van der Waals surface area contributed by atoms with Crippen molar-refractivity contribution in [2.75, 3.05) is 20.8 Å². The summed E-state index contributed by atoms with van der Waals surface area (Å²) < 4.78 is 13.1. The highest BCUT2D eigenvalue weighted by Crippen LogP contribution is 2.33. The van der Waals surface area contributed by atoms with Gasteiger partial charge in [0, 0.05) is 29.7 Å². The first-order valence-electron chi connectivity index (χ1n) is 13.8. The van der Waals surface area contributed by atoms with Gasteiger partial charge in [-0.25, -0.2) is 4.98 Å². The number of nitrogens with zero attached hydrogens (tertiary/aromatic N) is 2. The van der Waals surface area contributed by atoms with E-state index >= 15 is 0 Å². The number of hydrogen-bond donors (Lipinski definition) is 1. The van der Waals surface area contributed by atoms with Gasteiger partial charge in [-0.3, -0.25) is 4.79 Å². The molecule has 5 rings (SSSR count). The lowest BCUT2D eigenvalue weighted by Crippen LogP contribution is -2.30. The number of aryl methyl sites for hydroxylation is 1. The quantitative estimate of drug-likeness (QED) is 0.231. The summed E-state index contributed by atoms with van der Waals surface area (Å²) in [5.41, 5.74) is 5.77. The molecule has 1 amide bonds. The molecule has 1 saturated carbocycles. The lowest BCUT2D eigenvalue weighted by Gasteiger charge is -2.21. The topological polar surface area (TPSA) is 65.4 Å². The van der Waals surface area contributed by atoms with Crippen molar-refractivity contribution in [1.82, 2.24) is 14.9 Å². The number of aromatic nitrogens is 2. The normalized spacial score (nSPS) is 13.8. The Balaban J connectivity index is 1.43. The molecule has 4 aromatic rings. The molecule has 39 heavy (non-hydrogen) atoms. The zero-order chi connectivity index (χ0) is 27.2. The molecule has 2 heterocycles. The van der Waals surface area contributed by atoms with E-state index in [2.05, 4.69) is 33.5 Å². The van der Waals surface area contributed by atoms with Crippen LogP contribution in [0.25, 0.3) is 22.0 Å². The first-order chi connectivity index (χ1) is 19.1. The van der Waals surface area contributed by atoms with Crippen LogP contribution in [0.3, 0.4) is 0 Å². The fourth-order valence-corrected chi connectivity index (χ4v) is 6.30. The number of nitrogens with one attached hydrogen (secondary N) is 1. The lowest BCUT2D eigenvalue weighted by molar-refractivity contribution is 0.0943. The Bertz CT molecular complexity index is 1400. The average Bonchev–Trinajstić information content (AvgIpc) is 3.60. The second kappa shape index (κ2) is 12.5. The maximum atomic E-state index is 13.4. The van der Waals surface area contributed by atoms with E-state index in [9.17, 15) is 4.79 Å². The number of methoxy groups -OCH3 is 2. The molecule has 0 unspecified atom stereocenters. The molecule has 1 aliphatic rings. The van der Waals surface area contributed by atoms with Crippen LogP contribution in [0.4, 0.5) is 0 Å². The average molecular weight is 544 g/mol. The van der Waals surface area contributed by atoms with Crippen molar-refractivity contribution < 1.29 is 14.3 Å². The van der Waals surface area contributed by atoms with Gasteiger partial charge < -0.3 is 19.4 Å². The molecule has 7 heteroatoms. The summed E-state index contributed by atoms with van der Waals surface area (Å²) in [6.45, 7) is 3.50. The fourth-order valence-electron chi connectivity index (χ4n) is 5.48. The molecule has 0 atom stereocenters. The molecule has 0 aliphatic heterocycles. The summed E-state index contributed by atoms with van der Waals surface area (Å²) in [5, 5.41) is 6.30. The van der Waals surface area contributed by atoms with Crippen LogP contribution in [0.2, 0.25) is 0 Å². The second-order valence-electron chi connectivity index (χ2n) is 10.2. The minimum atomic E-state index is 0.00250. The lowest BCUT2D eigenvalue weighted by atomic mass is 9.89. The molecule has 2 aromatic heterocycles. The molecule has 6 nitrogen and oxygen atoms in total. The molecule has 0 radical (unpaired) electrons. The van der Waals surface area contributed by atoms with Gasteiger partial charge in [0.05, 0.1) is 31.2 Å². The minimum absolute atomic E-state index is 0.00250. The second-order valence-corrected chi connectivity index (χ2v) is 11.1. The minimum Gasteiger partial charge on any atom is -0.493 e. The van der Waals surface area contributed by atoms with E-state index in [0.717, 1.165) is 51.7 Å².